The molecule has 0 aromatic carbocycles. The van der Waals surface area contributed by atoms with Gasteiger partial charge in [0.25, 0.3) is 0 Å². The molecule has 0 radical (unpaired) electrons. The molecule has 0 amide bonds. The average Bonchev–Trinajstić information content (AvgIpc) is 3.45. The summed E-state index contributed by atoms with van der Waals surface area (Å²) in [7, 11) is 0. The lowest BCUT2D eigenvalue weighted by Crippen LogP contribution is -2.48. The minimum Gasteiger partial charge on any atom is -0.354 e. The van der Waals surface area contributed by atoms with Gasteiger partial charge in [-0.1, -0.05) is 0 Å². The van der Waals surface area contributed by atoms with Gasteiger partial charge in [-0.05, 0) is 125 Å². The molecule has 0 saturated heterocycles. The smallest absolute Gasteiger partial charge is 0.244 e. The summed E-state index contributed by atoms with van der Waals surface area (Å²) in [5.41, 5.74) is 1.28. The van der Waals surface area contributed by atoms with E-state index in [0.29, 0.717) is 0 Å². The van der Waals surface area contributed by atoms with Crippen molar-refractivity contribution in [3.05, 3.63) is 43.5 Å². The predicted octanol–water partition coefficient (Wildman–Crippen LogP) is 7.55. The summed E-state index contributed by atoms with van der Waals surface area (Å²) in [6.07, 6.45) is 15.2. The van der Waals surface area contributed by atoms with Gasteiger partial charge in [0, 0.05) is 47.0 Å². The van der Waals surface area contributed by atoms with Crippen LogP contribution in [0.4, 0.5) is 0 Å². The Morgan fingerprint density at radius 2 is 0.718 bits per heavy atom. The Labute approximate surface area is 243 Å². The van der Waals surface area contributed by atoms with Crippen LogP contribution in [0.25, 0.3) is 0 Å². The van der Waals surface area contributed by atoms with E-state index in [1.54, 1.807) is 0 Å². The van der Waals surface area contributed by atoms with E-state index in [1.807, 2.05) is 0 Å². The molecule has 2 aliphatic heterocycles. The van der Waals surface area contributed by atoms with Crippen molar-refractivity contribution in [2.45, 2.75) is 158 Å². The van der Waals surface area contributed by atoms with Crippen molar-refractivity contribution < 1.29 is 4.57 Å². The largest absolute Gasteiger partial charge is 0.354 e. The van der Waals surface area contributed by atoms with Gasteiger partial charge in [0.15, 0.2) is 0 Å². The van der Waals surface area contributed by atoms with Crippen molar-refractivity contribution in [2.24, 2.45) is 0 Å². The summed E-state index contributed by atoms with van der Waals surface area (Å²) in [5, 5.41) is 0. The number of rotatable bonds is 0. The maximum atomic E-state index is 2.36. The fourth-order valence-corrected chi connectivity index (χ4v) is 3.73. The first-order chi connectivity index (χ1) is 17.1. The molecule has 3 heterocycles. The molecule has 226 valence electrons. The van der Waals surface area contributed by atoms with Gasteiger partial charge in [-0.25, -0.2) is 9.13 Å². The molecule has 39 heavy (non-hydrogen) atoms. The second-order valence-electron chi connectivity index (χ2n) is 17.0. The van der Waals surface area contributed by atoms with Gasteiger partial charge in [-0.15, -0.1) is 0 Å². The van der Waals surface area contributed by atoms with Gasteiger partial charge in [0.05, 0.1) is 13.3 Å². The zero-order chi connectivity index (χ0) is 30.8. The van der Waals surface area contributed by atoms with Crippen LogP contribution in [0, 0.1) is 0 Å². The van der Waals surface area contributed by atoms with E-state index in [4.69, 9.17) is 0 Å². The maximum absolute atomic E-state index is 2.36. The summed E-state index contributed by atoms with van der Waals surface area (Å²) in [4.78, 5) is 9.44. The first kappa shape index (κ1) is 34.9. The maximum Gasteiger partial charge on any atom is 0.244 e. The number of nitrogens with zero attached hydrogens (tertiary/aromatic N) is 6. The van der Waals surface area contributed by atoms with Gasteiger partial charge in [0.2, 0.25) is 6.33 Å². The van der Waals surface area contributed by atoms with Crippen molar-refractivity contribution >= 4 is 0 Å². The Kier molecular flexibility index (Phi) is 10.6. The highest BCUT2D eigenvalue weighted by molar-refractivity contribution is 5.01. The molecular formula is C33H65N6+. The third-order valence-electron chi connectivity index (χ3n) is 7.09. The van der Waals surface area contributed by atoms with Crippen LogP contribution in [0.5, 0.6) is 0 Å². The quantitative estimate of drug-likeness (QED) is 0.314. The van der Waals surface area contributed by atoms with Crippen LogP contribution >= 0.6 is 0 Å². The molecule has 2 aliphatic rings. The van der Waals surface area contributed by atoms with Crippen molar-refractivity contribution in [3.63, 3.8) is 0 Å². The summed E-state index contributed by atoms with van der Waals surface area (Å²) < 4.78 is 4.47. The highest BCUT2D eigenvalue weighted by Crippen LogP contribution is 2.25. The molecule has 0 spiro atoms. The SMILES string of the molecule is CC(C)(C)N1C=CN(C(C)(C)C)C1.CC(C)(C)N1C=CN(C(C)(C)C)C1.CC(C)(C)n1cc[n+](C(C)(C)C)c1. The third-order valence-corrected chi connectivity index (χ3v) is 7.09. The summed E-state index contributed by atoms with van der Waals surface area (Å²) in [6.45, 7) is 42.1. The van der Waals surface area contributed by atoms with Gasteiger partial charge in [-0.3, -0.25) is 0 Å². The van der Waals surface area contributed by atoms with Crippen LogP contribution in [-0.4, -0.2) is 59.7 Å². The molecule has 0 bridgehead atoms. The van der Waals surface area contributed by atoms with E-state index in [1.165, 1.54) is 0 Å². The van der Waals surface area contributed by atoms with Crippen LogP contribution in [-0.2, 0) is 11.1 Å². The molecular weight excluding hydrogens is 480 g/mol. The third kappa shape index (κ3) is 11.1. The fraction of sp³-hybridized carbons (Fsp3) is 0.788. The van der Waals surface area contributed by atoms with E-state index in [2.05, 4.69) is 197 Å². The Bertz CT molecular complexity index is 823. The minimum absolute atomic E-state index is 0.177. The zero-order valence-electron chi connectivity index (χ0n) is 29.1. The molecule has 1 aromatic heterocycles. The van der Waals surface area contributed by atoms with E-state index in [9.17, 15) is 0 Å². The Balaban J connectivity index is 0.000000292. The topological polar surface area (TPSA) is 21.8 Å². The Morgan fingerprint density at radius 1 is 0.436 bits per heavy atom. The van der Waals surface area contributed by atoms with E-state index in [-0.39, 0.29) is 33.2 Å². The first-order valence-electron chi connectivity index (χ1n) is 14.7. The number of aromatic nitrogens is 2. The molecule has 0 N–H and O–H groups in total. The van der Waals surface area contributed by atoms with Crippen molar-refractivity contribution in [3.8, 4) is 0 Å². The number of hydrogen-bond acceptors (Lipinski definition) is 4. The molecule has 6 nitrogen and oxygen atoms in total. The van der Waals surface area contributed by atoms with Gasteiger partial charge in [0.1, 0.15) is 23.5 Å². The standard InChI is InChI=1S/2C11H22N2.C11H21N2/c3*1-10(2,3)12-7-8-13(9-12)11(4,5)6/h2*7-8H,9H2,1-6H3;7-9H,1-6H3/q;;+1. The van der Waals surface area contributed by atoms with Gasteiger partial charge in [-0.2, -0.15) is 0 Å². The highest BCUT2D eigenvalue weighted by Gasteiger charge is 2.30. The molecule has 0 aliphatic carbocycles. The minimum atomic E-state index is 0.177. The van der Waals surface area contributed by atoms with Crippen LogP contribution < -0.4 is 4.57 Å². The van der Waals surface area contributed by atoms with E-state index in [0.717, 1.165) is 13.3 Å². The fourth-order valence-electron chi connectivity index (χ4n) is 3.73. The van der Waals surface area contributed by atoms with Gasteiger partial charge >= 0.3 is 0 Å². The number of imidazole rings is 1. The Hall–Kier alpha value is -2.11. The summed E-state index contributed by atoms with van der Waals surface area (Å²) in [6, 6.07) is 0. The van der Waals surface area contributed by atoms with Crippen molar-refractivity contribution in [1.29, 1.82) is 0 Å². The van der Waals surface area contributed by atoms with Crippen LogP contribution in [0.2, 0.25) is 0 Å². The summed E-state index contributed by atoms with van der Waals surface area (Å²) >= 11 is 0. The lowest BCUT2D eigenvalue weighted by molar-refractivity contribution is -0.753. The van der Waals surface area contributed by atoms with Gasteiger partial charge < -0.3 is 19.6 Å². The molecule has 0 fully saturated rings. The highest BCUT2D eigenvalue weighted by atomic mass is 15.4. The van der Waals surface area contributed by atoms with Crippen LogP contribution in [0.3, 0.4) is 0 Å². The van der Waals surface area contributed by atoms with Crippen molar-refractivity contribution in [1.82, 2.24) is 24.2 Å². The molecule has 0 atom stereocenters. The zero-order valence-corrected chi connectivity index (χ0v) is 29.1. The molecule has 1 aromatic rings. The Morgan fingerprint density at radius 3 is 0.846 bits per heavy atom. The van der Waals surface area contributed by atoms with Crippen molar-refractivity contribution in [2.75, 3.05) is 13.3 Å². The van der Waals surface area contributed by atoms with E-state index < -0.39 is 0 Å². The van der Waals surface area contributed by atoms with E-state index >= 15 is 0 Å². The molecule has 3 rings (SSSR count). The first-order valence-corrected chi connectivity index (χ1v) is 14.7. The second-order valence-corrected chi connectivity index (χ2v) is 17.0. The second kappa shape index (κ2) is 11.8. The predicted molar refractivity (Wildman–Crippen MR) is 169 cm³/mol. The summed E-state index contributed by atoms with van der Waals surface area (Å²) in [5.74, 6) is 0. The van der Waals surface area contributed by atoms with Crippen LogP contribution in [0.1, 0.15) is 125 Å². The average molecular weight is 546 g/mol. The number of hydrogen-bond donors (Lipinski definition) is 0. The normalized spacial score (nSPS) is 16.9. The molecule has 0 saturated carbocycles. The lowest BCUT2D eigenvalue weighted by Gasteiger charge is -2.38. The lowest BCUT2D eigenvalue weighted by atomic mass is 10.1. The van der Waals surface area contributed by atoms with Crippen LogP contribution in [0.15, 0.2) is 43.5 Å². The monoisotopic (exact) mass is 546 g/mol. The molecule has 6 heteroatoms. The molecule has 0 unspecified atom stereocenters.